The van der Waals surface area contributed by atoms with Crippen molar-refractivity contribution in [3.8, 4) is 0 Å². The van der Waals surface area contributed by atoms with E-state index < -0.39 is 16.1 Å². The summed E-state index contributed by atoms with van der Waals surface area (Å²) in [6, 6.07) is 17.5. The number of aromatic nitrogens is 2. The van der Waals surface area contributed by atoms with Gasteiger partial charge in [0.05, 0.1) is 11.4 Å². The van der Waals surface area contributed by atoms with Gasteiger partial charge in [-0.2, -0.15) is 9.40 Å². The first-order valence-corrected chi connectivity index (χ1v) is 11.9. The van der Waals surface area contributed by atoms with Crippen molar-refractivity contribution >= 4 is 15.9 Å². The van der Waals surface area contributed by atoms with Crippen molar-refractivity contribution in [3.63, 3.8) is 0 Å². The van der Waals surface area contributed by atoms with Crippen molar-refractivity contribution in [2.24, 2.45) is 0 Å². The van der Waals surface area contributed by atoms with Crippen LogP contribution in [0, 0.1) is 0 Å². The fourth-order valence-corrected chi connectivity index (χ4v) is 5.51. The van der Waals surface area contributed by atoms with Crippen molar-refractivity contribution in [2.45, 2.75) is 43.3 Å². The Hall–Kier alpha value is -2.97. The quantitative estimate of drug-likeness (QED) is 0.615. The second kappa shape index (κ2) is 9.45. The molecule has 2 heterocycles. The second-order valence-electron chi connectivity index (χ2n) is 7.68. The van der Waals surface area contributed by atoms with Gasteiger partial charge in [0.2, 0.25) is 15.9 Å². The summed E-state index contributed by atoms with van der Waals surface area (Å²) in [5, 5.41) is 7.12. The van der Waals surface area contributed by atoms with Crippen molar-refractivity contribution in [1.82, 2.24) is 19.4 Å². The number of benzene rings is 2. The predicted octanol–water partition coefficient (Wildman–Crippen LogP) is 2.79. The van der Waals surface area contributed by atoms with Crippen LogP contribution >= 0.6 is 0 Å². The van der Waals surface area contributed by atoms with Gasteiger partial charge in [-0.1, -0.05) is 48.9 Å². The van der Waals surface area contributed by atoms with Crippen LogP contribution in [0.25, 0.3) is 0 Å². The van der Waals surface area contributed by atoms with Gasteiger partial charge in [0, 0.05) is 25.5 Å². The van der Waals surface area contributed by atoms with E-state index >= 15 is 0 Å². The van der Waals surface area contributed by atoms with E-state index in [2.05, 4.69) is 10.4 Å². The van der Waals surface area contributed by atoms with E-state index in [0.717, 1.165) is 24.0 Å². The number of amides is 1. The lowest BCUT2D eigenvalue weighted by molar-refractivity contribution is -0.125. The van der Waals surface area contributed by atoms with E-state index in [1.54, 1.807) is 36.5 Å². The summed E-state index contributed by atoms with van der Waals surface area (Å²) in [6.07, 6.45) is 5.78. The number of rotatable bonds is 7. The number of nitrogens with zero attached hydrogens (tertiary/aromatic N) is 3. The molecule has 0 bridgehead atoms. The highest BCUT2D eigenvalue weighted by atomic mass is 32.2. The average molecular weight is 439 g/mol. The number of hydrogen-bond donors (Lipinski definition) is 1. The highest BCUT2D eigenvalue weighted by Crippen LogP contribution is 2.25. The molecule has 3 aromatic rings. The molecule has 8 heteroatoms. The first-order chi connectivity index (χ1) is 15.0. The zero-order valence-corrected chi connectivity index (χ0v) is 18.0. The fraction of sp³-hybridized carbons (Fsp3) is 0.304. The summed E-state index contributed by atoms with van der Waals surface area (Å²) in [7, 11) is -3.71. The van der Waals surface area contributed by atoms with Gasteiger partial charge in [0.15, 0.2) is 0 Å². The molecule has 1 aromatic heterocycles. The van der Waals surface area contributed by atoms with E-state index in [1.165, 1.54) is 4.31 Å². The Morgan fingerprint density at radius 3 is 2.45 bits per heavy atom. The number of hydrogen-bond acceptors (Lipinski definition) is 4. The van der Waals surface area contributed by atoms with E-state index in [4.69, 9.17) is 0 Å². The molecule has 0 spiro atoms. The summed E-state index contributed by atoms with van der Waals surface area (Å²) in [4.78, 5) is 13.1. The topological polar surface area (TPSA) is 84.3 Å². The molecule has 4 rings (SSSR count). The SMILES string of the molecule is O=C(NCc1ccc(Cn2cccn2)cc1)C1CCCCN1S(=O)(=O)c1ccccc1. The Morgan fingerprint density at radius 1 is 1.00 bits per heavy atom. The zero-order valence-electron chi connectivity index (χ0n) is 17.2. The Morgan fingerprint density at radius 2 is 1.74 bits per heavy atom. The van der Waals surface area contributed by atoms with Crippen molar-refractivity contribution in [3.05, 3.63) is 84.2 Å². The molecule has 1 aliphatic heterocycles. The second-order valence-corrected chi connectivity index (χ2v) is 9.57. The molecule has 1 atom stereocenters. The van der Waals surface area contributed by atoms with Crippen LogP contribution in [0.4, 0.5) is 0 Å². The zero-order chi connectivity index (χ0) is 21.7. The van der Waals surface area contributed by atoms with Gasteiger partial charge in [0.1, 0.15) is 6.04 Å². The molecule has 1 fully saturated rings. The molecule has 1 N–H and O–H groups in total. The molecule has 1 amide bonds. The lowest BCUT2D eigenvalue weighted by Crippen LogP contribution is -2.51. The van der Waals surface area contributed by atoms with Crippen LogP contribution in [0.5, 0.6) is 0 Å². The summed E-state index contributed by atoms with van der Waals surface area (Å²) in [5.74, 6) is -0.250. The molecule has 1 unspecified atom stereocenters. The third-order valence-electron chi connectivity index (χ3n) is 5.50. The van der Waals surface area contributed by atoms with E-state index in [-0.39, 0.29) is 10.8 Å². The van der Waals surface area contributed by atoms with Crippen molar-refractivity contribution in [2.75, 3.05) is 6.54 Å². The number of piperidine rings is 1. The van der Waals surface area contributed by atoms with Crippen LogP contribution in [-0.4, -0.2) is 41.0 Å². The van der Waals surface area contributed by atoms with Crippen LogP contribution < -0.4 is 5.32 Å². The molecule has 7 nitrogen and oxygen atoms in total. The number of sulfonamides is 1. The van der Waals surface area contributed by atoms with Gasteiger partial charge in [-0.15, -0.1) is 0 Å². The summed E-state index contributed by atoms with van der Waals surface area (Å²) in [6.45, 7) is 1.40. The van der Waals surface area contributed by atoms with Gasteiger partial charge in [0.25, 0.3) is 0 Å². The first kappa shape index (κ1) is 21.3. The first-order valence-electron chi connectivity index (χ1n) is 10.4. The lowest BCUT2D eigenvalue weighted by Gasteiger charge is -2.33. The minimum absolute atomic E-state index is 0.225. The molecule has 0 aliphatic carbocycles. The summed E-state index contributed by atoms with van der Waals surface area (Å²) >= 11 is 0. The summed E-state index contributed by atoms with van der Waals surface area (Å²) in [5.41, 5.74) is 2.08. The Labute approximate surface area is 182 Å². The van der Waals surface area contributed by atoms with Crippen LogP contribution in [0.1, 0.15) is 30.4 Å². The number of carbonyl (C=O) groups excluding carboxylic acids is 1. The molecule has 162 valence electrons. The largest absolute Gasteiger partial charge is 0.351 e. The average Bonchev–Trinajstić information content (AvgIpc) is 3.32. The van der Waals surface area contributed by atoms with Crippen LogP contribution in [-0.2, 0) is 27.9 Å². The molecule has 1 aliphatic rings. The van der Waals surface area contributed by atoms with Crippen LogP contribution in [0.15, 0.2) is 78.0 Å². The minimum atomic E-state index is -3.71. The van der Waals surface area contributed by atoms with Crippen LogP contribution in [0.3, 0.4) is 0 Å². The number of nitrogens with one attached hydrogen (secondary N) is 1. The molecule has 2 aromatic carbocycles. The van der Waals surface area contributed by atoms with Crippen molar-refractivity contribution in [1.29, 1.82) is 0 Å². The molecule has 0 saturated carbocycles. The lowest BCUT2D eigenvalue weighted by atomic mass is 10.0. The van der Waals surface area contributed by atoms with Gasteiger partial charge in [-0.3, -0.25) is 9.48 Å². The maximum Gasteiger partial charge on any atom is 0.243 e. The third kappa shape index (κ3) is 5.03. The normalized spacial score (nSPS) is 17.4. The highest BCUT2D eigenvalue weighted by Gasteiger charge is 2.37. The number of carbonyl (C=O) groups is 1. The monoisotopic (exact) mass is 438 g/mol. The van der Waals surface area contributed by atoms with E-state index in [9.17, 15) is 13.2 Å². The predicted molar refractivity (Wildman–Crippen MR) is 118 cm³/mol. The van der Waals surface area contributed by atoms with Gasteiger partial charge in [-0.25, -0.2) is 8.42 Å². The Balaban J connectivity index is 1.40. The van der Waals surface area contributed by atoms with Gasteiger partial charge in [-0.05, 0) is 42.2 Å². The minimum Gasteiger partial charge on any atom is -0.351 e. The smallest absolute Gasteiger partial charge is 0.243 e. The molecule has 31 heavy (non-hydrogen) atoms. The third-order valence-corrected chi connectivity index (χ3v) is 7.42. The summed E-state index contributed by atoms with van der Waals surface area (Å²) < 4.78 is 29.4. The maximum absolute atomic E-state index is 13.1. The molecule has 1 saturated heterocycles. The molecular formula is C23H26N4O3S. The Kier molecular flexibility index (Phi) is 6.48. The highest BCUT2D eigenvalue weighted by molar-refractivity contribution is 7.89. The van der Waals surface area contributed by atoms with E-state index in [0.29, 0.717) is 26.1 Å². The fourth-order valence-electron chi connectivity index (χ4n) is 3.83. The standard InChI is InChI=1S/C23H26N4O3S/c28-23(24-17-19-10-12-20(13-11-19)18-26-15-6-14-25-26)22-9-4-5-16-27(22)31(29,30)21-7-2-1-3-8-21/h1-3,6-8,10-15,22H,4-5,9,16-18H2,(H,24,28). The van der Waals surface area contributed by atoms with Crippen molar-refractivity contribution < 1.29 is 13.2 Å². The molecule has 0 radical (unpaired) electrons. The van der Waals surface area contributed by atoms with E-state index in [1.807, 2.05) is 41.2 Å². The van der Waals surface area contributed by atoms with Gasteiger partial charge < -0.3 is 5.32 Å². The molecular weight excluding hydrogens is 412 g/mol. The maximum atomic E-state index is 13.1. The Bertz CT molecular complexity index is 1100. The van der Waals surface area contributed by atoms with Gasteiger partial charge >= 0.3 is 0 Å². The van der Waals surface area contributed by atoms with Crippen LogP contribution in [0.2, 0.25) is 0 Å².